The van der Waals surface area contributed by atoms with E-state index in [9.17, 15) is 4.79 Å². The van der Waals surface area contributed by atoms with E-state index in [0.29, 0.717) is 5.92 Å². The van der Waals surface area contributed by atoms with E-state index in [0.717, 1.165) is 19.5 Å². The SMILES string of the molecule is CC(C)c1ccccc1N1CCC(NCC(=O)O)C1. The predicted octanol–water partition coefficient (Wildman–Crippen LogP) is 2.06. The lowest BCUT2D eigenvalue weighted by atomic mass is 10.0. The normalized spacial score (nSPS) is 19.1. The highest BCUT2D eigenvalue weighted by molar-refractivity contribution is 5.69. The Kier molecular flexibility index (Phi) is 4.43. The van der Waals surface area contributed by atoms with Crippen molar-refractivity contribution in [3.05, 3.63) is 29.8 Å². The van der Waals surface area contributed by atoms with Gasteiger partial charge in [0.25, 0.3) is 0 Å². The van der Waals surface area contributed by atoms with Crippen LogP contribution in [-0.2, 0) is 4.79 Å². The Labute approximate surface area is 114 Å². The summed E-state index contributed by atoms with van der Waals surface area (Å²) in [5.41, 5.74) is 2.65. The van der Waals surface area contributed by atoms with Crippen LogP contribution in [0.1, 0.15) is 31.7 Å². The van der Waals surface area contributed by atoms with Crippen molar-refractivity contribution in [3.8, 4) is 0 Å². The second-order valence-electron chi connectivity index (χ2n) is 5.42. The molecule has 1 aliphatic heterocycles. The lowest BCUT2D eigenvalue weighted by molar-refractivity contribution is -0.136. The third-order valence-electron chi connectivity index (χ3n) is 3.63. The minimum absolute atomic E-state index is 0.0460. The van der Waals surface area contributed by atoms with Gasteiger partial charge in [-0.2, -0.15) is 0 Å². The van der Waals surface area contributed by atoms with Crippen molar-refractivity contribution >= 4 is 11.7 Å². The van der Waals surface area contributed by atoms with Crippen molar-refractivity contribution in [2.24, 2.45) is 0 Å². The van der Waals surface area contributed by atoms with Gasteiger partial charge < -0.3 is 15.3 Å². The molecular formula is C15H22N2O2. The summed E-state index contributed by atoms with van der Waals surface area (Å²) in [5, 5.41) is 11.8. The molecule has 19 heavy (non-hydrogen) atoms. The number of hydrogen-bond donors (Lipinski definition) is 2. The molecule has 0 amide bonds. The third-order valence-corrected chi connectivity index (χ3v) is 3.63. The van der Waals surface area contributed by atoms with Crippen molar-refractivity contribution < 1.29 is 9.90 Å². The molecule has 0 saturated carbocycles. The zero-order valence-electron chi connectivity index (χ0n) is 11.6. The number of para-hydroxylation sites is 1. The number of rotatable bonds is 5. The van der Waals surface area contributed by atoms with Gasteiger partial charge in [-0.05, 0) is 24.0 Å². The molecule has 0 aromatic heterocycles. The fraction of sp³-hybridized carbons (Fsp3) is 0.533. The van der Waals surface area contributed by atoms with Gasteiger partial charge in [0, 0.05) is 24.8 Å². The Bertz CT molecular complexity index is 446. The number of carboxylic acids is 1. The number of benzene rings is 1. The minimum Gasteiger partial charge on any atom is -0.480 e. The largest absolute Gasteiger partial charge is 0.480 e. The van der Waals surface area contributed by atoms with E-state index < -0.39 is 5.97 Å². The van der Waals surface area contributed by atoms with Crippen LogP contribution in [0.2, 0.25) is 0 Å². The molecular weight excluding hydrogens is 240 g/mol. The molecule has 1 heterocycles. The molecule has 0 bridgehead atoms. The van der Waals surface area contributed by atoms with Crippen molar-refractivity contribution in [2.75, 3.05) is 24.5 Å². The Morgan fingerprint density at radius 1 is 1.47 bits per heavy atom. The summed E-state index contributed by atoms with van der Waals surface area (Å²) < 4.78 is 0. The molecule has 0 aliphatic carbocycles. The van der Waals surface area contributed by atoms with Gasteiger partial charge in [0.2, 0.25) is 0 Å². The lowest BCUT2D eigenvalue weighted by Crippen LogP contribution is -2.36. The lowest BCUT2D eigenvalue weighted by Gasteiger charge is -2.23. The van der Waals surface area contributed by atoms with Crippen LogP contribution in [-0.4, -0.2) is 36.8 Å². The highest BCUT2D eigenvalue weighted by atomic mass is 16.4. The maximum Gasteiger partial charge on any atom is 0.317 e. The van der Waals surface area contributed by atoms with Crippen LogP contribution >= 0.6 is 0 Å². The summed E-state index contributed by atoms with van der Waals surface area (Å²) in [5.74, 6) is -0.289. The van der Waals surface area contributed by atoms with Crippen molar-refractivity contribution in [3.63, 3.8) is 0 Å². The maximum atomic E-state index is 10.6. The Morgan fingerprint density at radius 3 is 2.89 bits per heavy atom. The summed E-state index contributed by atoms with van der Waals surface area (Å²) in [6.07, 6.45) is 1.000. The fourth-order valence-corrected chi connectivity index (χ4v) is 2.64. The van der Waals surface area contributed by atoms with Gasteiger partial charge in [-0.25, -0.2) is 0 Å². The van der Waals surface area contributed by atoms with E-state index in [2.05, 4.69) is 48.3 Å². The smallest absolute Gasteiger partial charge is 0.317 e. The summed E-state index contributed by atoms with van der Waals surface area (Å²) in [6, 6.07) is 8.76. The molecule has 1 aromatic rings. The molecule has 0 radical (unpaired) electrons. The second kappa shape index (κ2) is 6.06. The average molecular weight is 262 g/mol. The summed E-state index contributed by atoms with van der Waals surface area (Å²) in [7, 11) is 0. The molecule has 2 rings (SSSR count). The zero-order valence-corrected chi connectivity index (χ0v) is 11.6. The highest BCUT2D eigenvalue weighted by Gasteiger charge is 2.24. The molecule has 1 fully saturated rings. The number of anilines is 1. The average Bonchev–Trinajstić information content (AvgIpc) is 2.85. The Balaban J connectivity index is 2.02. The maximum absolute atomic E-state index is 10.6. The monoisotopic (exact) mass is 262 g/mol. The first-order valence-electron chi connectivity index (χ1n) is 6.87. The van der Waals surface area contributed by atoms with Crippen LogP contribution < -0.4 is 10.2 Å². The number of nitrogens with zero attached hydrogens (tertiary/aromatic N) is 1. The van der Waals surface area contributed by atoms with E-state index in [1.165, 1.54) is 11.3 Å². The molecule has 4 nitrogen and oxygen atoms in total. The standard InChI is InChI=1S/C15H22N2O2/c1-11(2)13-5-3-4-6-14(13)17-8-7-12(10-17)16-9-15(18)19/h3-6,11-12,16H,7-10H2,1-2H3,(H,18,19). The van der Waals surface area contributed by atoms with Gasteiger partial charge in [0.1, 0.15) is 0 Å². The third kappa shape index (κ3) is 3.47. The van der Waals surface area contributed by atoms with E-state index in [-0.39, 0.29) is 12.6 Å². The van der Waals surface area contributed by atoms with Crippen LogP contribution in [0, 0.1) is 0 Å². The first-order valence-corrected chi connectivity index (χ1v) is 6.87. The van der Waals surface area contributed by atoms with Crippen LogP contribution in [0.25, 0.3) is 0 Å². The molecule has 1 aromatic carbocycles. The Hall–Kier alpha value is -1.55. The number of nitrogens with one attached hydrogen (secondary N) is 1. The first-order chi connectivity index (χ1) is 9.08. The van der Waals surface area contributed by atoms with Crippen molar-refractivity contribution in [1.82, 2.24) is 5.32 Å². The van der Waals surface area contributed by atoms with Gasteiger partial charge in [0.15, 0.2) is 0 Å². The number of carbonyl (C=O) groups is 1. The topological polar surface area (TPSA) is 52.6 Å². The summed E-state index contributed by atoms with van der Waals surface area (Å²) in [4.78, 5) is 12.9. The first kappa shape index (κ1) is 13.9. The van der Waals surface area contributed by atoms with Gasteiger partial charge >= 0.3 is 5.97 Å². The molecule has 104 valence electrons. The molecule has 2 N–H and O–H groups in total. The number of hydrogen-bond acceptors (Lipinski definition) is 3. The summed E-state index contributed by atoms with van der Waals surface area (Å²) >= 11 is 0. The van der Waals surface area contributed by atoms with Crippen LogP contribution in [0.5, 0.6) is 0 Å². The second-order valence-corrected chi connectivity index (χ2v) is 5.42. The molecule has 1 aliphatic rings. The van der Waals surface area contributed by atoms with Crippen LogP contribution in [0.15, 0.2) is 24.3 Å². The van der Waals surface area contributed by atoms with E-state index in [1.807, 2.05) is 0 Å². The van der Waals surface area contributed by atoms with Crippen LogP contribution in [0.3, 0.4) is 0 Å². The van der Waals surface area contributed by atoms with Gasteiger partial charge in [0.05, 0.1) is 6.54 Å². The van der Waals surface area contributed by atoms with E-state index >= 15 is 0 Å². The van der Waals surface area contributed by atoms with Crippen molar-refractivity contribution in [1.29, 1.82) is 0 Å². The van der Waals surface area contributed by atoms with E-state index in [4.69, 9.17) is 5.11 Å². The molecule has 1 saturated heterocycles. The fourth-order valence-electron chi connectivity index (χ4n) is 2.64. The number of carboxylic acid groups (broad SMARTS) is 1. The van der Waals surface area contributed by atoms with Crippen LogP contribution in [0.4, 0.5) is 5.69 Å². The quantitative estimate of drug-likeness (QED) is 0.853. The van der Waals surface area contributed by atoms with Gasteiger partial charge in [-0.15, -0.1) is 0 Å². The molecule has 1 unspecified atom stereocenters. The molecule has 4 heteroatoms. The van der Waals surface area contributed by atoms with E-state index in [1.54, 1.807) is 0 Å². The molecule has 0 spiro atoms. The molecule has 1 atom stereocenters. The minimum atomic E-state index is -0.791. The van der Waals surface area contributed by atoms with Gasteiger partial charge in [-0.3, -0.25) is 4.79 Å². The highest BCUT2D eigenvalue weighted by Crippen LogP contribution is 2.29. The van der Waals surface area contributed by atoms with Gasteiger partial charge in [-0.1, -0.05) is 32.0 Å². The summed E-state index contributed by atoms with van der Waals surface area (Å²) in [6.45, 7) is 6.33. The van der Waals surface area contributed by atoms with Crippen molar-refractivity contribution in [2.45, 2.75) is 32.2 Å². The number of aliphatic carboxylic acids is 1. The predicted molar refractivity (Wildman–Crippen MR) is 76.8 cm³/mol. The zero-order chi connectivity index (χ0) is 13.8. The Morgan fingerprint density at radius 2 is 2.21 bits per heavy atom.